The fourth-order valence-corrected chi connectivity index (χ4v) is 1.97. The molecule has 1 saturated heterocycles. The zero-order valence-corrected chi connectivity index (χ0v) is 12.3. The summed E-state index contributed by atoms with van der Waals surface area (Å²) in [5.74, 6) is -0.0604. The van der Waals surface area contributed by atoms with Crippen molar-refractivity contribution in [2.24, 2.45) is 5.41 Å². The van der Waals surface area contributed by atoms with E-state index in [1.54, 1.807) is 6.08 Å². The Bertz CT molecular complexity index is 488. The molecule has 1 heterocycles. The number of amides is 1. The summed E-state index contributed by atoms with van der Waals surface area (Å²) in [5.41, 5.74) is 2.27. The Balaban J connectivity index is 1.83. The molecule has 0 bridgehead atoms. The summed E-state index contributed by atoms with van der Waals surface area (Å²) in [6, 6.07) is 8.06. The normalized spacial score (nSPS) is 16.8. The Morgan fingerprint density at radius 1 is 1.35 bits per heavy atom. The lowest BCUT2D eigenvalue weighted by Crippen LogP contribution is -2.48. The molecule has 1 aromatic carbocycles. The van der Waals surface area contributed by atoms with Crippen LogP contribution in [0.2, 0.25) is 0 Å². The second-order valence-corrected chi connectivity index (χ2v) is 5.84. The summed E-state index contributed by atoms with van der Waals surface area (Å²) >= 11 is 0. The molecule has 1 aliphatic heterocycles. The van der Waals surface area contributed by atoms with Gasteiger partial charge in [0.2, 0.25) is 5.91 Å². The number of carbonyl (C=O) groups is 1. The number of carbonyl (C=O) groups excluding carboxylic acids is 1. The summed E-state index contributed by atoms with van der Waals surface area (Å²) in [4.78, 5) is 13.8. The van der Waals surface area contributed by atoms with Crippen LogP contribution >= 0.6 is 0 Å². The van der Waals surface area contributed by atoms with Crippen molar-refractivity contribution in [3.63, 3.8) is 0 Å². The topological polar surface area (TPSA) is 41.6 Å². The Hall–Kier alpha value is -1.81. The van der Waals surface area contributed by atoms with Crippen LogP contribution in [0.15, 0.2) is 30.3 Å². The van der Waals surface area contributed by atoms with Crippen LogP contribution in [0.25, 0.3) is 6.08 Å². The first-order chi connectivity index (χ1) is 9.48. The number of rotatable bonds is 5. The zero-order valence-electron chi connectivity index (χ0n) is 12.3. The minimum Gasteiger partial charge on any atom is -0.380 e. The van der Waals surface area contributed by atoms with Gasteiger partial charge in [0, 0.05) is 37.8 Å². The second-order valence-electron chi connectivity index (χ2n) is 5.84. The molecule has 0 unspecified atom stereocenters. The molecule has 20 heavy (non-hydrogen) atoms. The van der Waals surface area contributed by atoms with E-state index < -0.39 is 0 Å². The van der Waals surface area contributed by atoms with Crippen molar-refractivity contribution >= 4 is 17.7 Å². The van der Waals surface area contributed by atoms with Gasteiger partial charge in [-0.05, 0) is 23.8 Å². The third kappa shape index (κ3) is 3.84. The van der Waals surface area contributed by atoms with Gasteiger partial charge in [-0.15, -0.1) is 0 Å². The highest BCUT2D eigenvalue weighted by Crippen LogP contribution is 2.24. The van der Waals surface area contributed by atoms with E-state index in [9.17, 15) is 4.79 Å². The molecule has 0 atom stereocenters. The Morgan fingerprint density at radius 3 is 2.50 bits per heavy atom. The van der Waals surface area contributed by atoms with E-state index >= 15 is 0 Å². The van der Waals surface area contributed by atoms with Gasteiger partial charge in [-0.2, -0.15) is 0 Å². The fraction of sp³-hybridized carbons (Fsp3) is 0.438. The van der Waals surface area contributed by atoms with Gasteiger partial charge in [0.1, 0.15) is 0 Å². The van der Waals surface area contributed by atoms with Gasteiger partial charge in [-0.25, -0.2) is 0 Å². The van der Waals surface area contributed by atoms with Gasteiger partial charge in [0.15, 0.2) is 0 Å². The van der Waals surface area contributed by atoms with Crippen molar-refractivity contribution < 1.29 is 9.53 Å². The van der Waals surface area contributed by atoms with E-state index in [1.165, 1.54) is 0 Å². The van der Waals surface area contributed by atoms with Crippen molar-refractivity contribution in [1.29, 1.82) is 0 Å². The molecule has 1 N–H and O–H groups in total. The van der Waals surface area contributed by atoms with Gasteiger partial charge in [-0.1, -0.05) is 19.1 Å². The van der Waals surface area contributed by atoms with Crippen molar-refractivity contribution in [3.8, 4) is 0 Å². The SMILES string of the molecule is CN(C)c1ccc(/C=C/C(=O)NCC2(C)COC2)cc1. The number of nitrogens with one attached hydrogen (secondary N) is 1. The highest BCUT2D eigenvalue weighted by Gasteiger charge is 2.33. The number of hydrogen-bond donors (Lipinski definition) is 1. The van der Waals surface area contributed by atoms with Crippen molar-refractivity contribution in [3.05, 3.63) is 35.9 Å². The lowest BCUT2D eigenvalue weighted by molar-refractivity contribution is -0.122. The lowest BCUT2D eigenvalue weighted by atomic mass is 9.89. The van der Waals surface area contributed by atoms with E-state index in [0.29, 0.717) is 6.54 Å². The highest BCUT2D eigenvalue weighted by atomic mass is 16.5. The molecule has 0 spiro atoms. The molecule has 0 saturated carbocycles. The van der Waals surface area contributed by atoms with Crippen LogP contribution < -0.4 is 10.2 Å². The molecule has 1 amide bonds. The fourth-order valence-electron chi connectivity index (χ4n) is 1.97. The van der Waals surface area contributed by atoms with Crippen molar-refractivity contribution in [1.82, 2.24) is 5.32 Å². The molecule has 1 fully saturated rings. The molecule has 0 aliphatic carbocycles. The average molecular weight is 274 g/mol. The molecule has 4 heteroatoms. The molecular formula is C16H22N2O2. The third-order valence-corrected chi connectivity index (χ3v) is 3.43. The second kappa shape index (κ2) is 6.09. The monoisotopic (exact) mass is 274 g/mol. The van der Waals surface area contributed by atoms with Crippen LogP contribution in [0.3, 0.4) is 0 Å². The van der Waals surface area contributed by atoms with Gasteiger partial charge >= 0.3 is 0 Å². The summed E-state index contributed by atoms with van der Waals surface area (Å²) in [5, 5.41) is 2.91. The number of ether oxygens (including phenoxy) is 1. The molecular weight excluding hydrogens is 252 g/mol. The van der Waals surface area contributed by atoms with Gasteiger partial charge in [0.25, 0.3) is 0 Å². The van der Waals surface area contributed by atoms with Crippen LogP contribution in [0.4, 0.5) is 5.69 Å². The lowest BCUT2D eigenvalue weighted by Gasteiger charge is -2.37. The quantitative estimate of drug-likeness (QED) is 0.834. The maximum atomic E-state index is 11.7. The minimum atomic E-state index is -0.0604. The number of nitrogens with zero attached hydrogens (tertiary/aromatic N) is 1. The number of anilines is 1. The van der Waals surface area contributed by atoms with Gasteiger partial charge in [-0.3, -0.25) is 4.79 Å². The largest absolute Gasteiger partial charge is 0.380 e. The summed E-state index contributed by atoms with van der Waals surface area (Å²) in [6.45, 7) is 4.22. The molecule has 0 aromatic heterocycles. The first-order valence-corrected chi connectivity index (χ1v) is 6.80. The molecule has 4 nitrogen and oxygen atoms in total. The average Bonchev–Trinajstić information content (AvgIpc) is 2.41. The zero-order chi connectivity index (χ0) is 14.6. The van der Waals surface area contributed by atoms with E-state index in [2.05, 4.69) is 12.2 Å². The van der Waals surface area contributed by atoms with E-state index in [4.69, 9.17) is 4.74 Å². The highest BCUT2D eigenvalue weighted by molar-refractivity contribution is 5.91. The number of benzene rings is 1. The van der Waals surface area contributed by atoms with E-state index in [-0.39, 0.29) is 11.3 Å². The van der Waals surface area contributed by atoms with Crippen molar-refractivity contribution in [2.75, 3.05) is 38.8 Å². The maximum absolute atomic E-state index is 11.7. The standard InChI is InChI=1S/C16H22N2O2/c1-16(11-20-12-16)10-17-15(19)9-6-13-4-7-14(8-5-13)18(2)3/h4-9H,10-12H2,1-3H3,(H,17,19)/b9-6+. The van der Waals surface area contributed by atoms with E-state index in [1.807, 2.05) is 49.3 Å². The van der Waals surface area contributed by atoms with Crippen molar-refractivity contribution in [2.45, 2.75) is 6.92 Å². The van der Waals surface area contributed by atoms with Gasteiger partial charge < -0.3 is 15.0 Å². The Morgan fingerprint density at radius 2 is 2.00 bits per heavy atom. The minimum absolute atomic E-state index is 0.0604. The smallest absolute Gasteiger partial charge is 0.244 e. The first-order valence-electron chi connectivity index (χ1n) is 6.80. The molecule has 2 rings (SSSR count). The molecule has 1 aromatic rings. The molecule has 108 valence electrons. The maximum Gasteiger partial charge on any atom is 0.244 e. The Kier molecular flexibility index (Phi) is 4.45. The summed E-state index contributed by atoms with van der Waals surface area (Å²) in [6.07, 6.45) is 3.40. The first kappa shape index (κ1) is 14.6. The Labute approximate surface area is 120 Å². The van der Waals surface area contributed by atoms with Crippen LogP contribution in [0.5, 0.6) is 0 Å². The molecule has 0 radical (unpaired) electrons. The summed E-state index contributed by atoms with van der Waals surface area (Å²) in [7, 11) is 4.01. The molecule has 1 aliphatic rings. The van der Waals surface area contributed by atoms with E-state index in [0.717, 1.165) is 24.5 Å². The number of hydrogen-bond acceptors (Lipinski definition) is 3. The third-order valence-electron chi connectivity index (χ3n) is 3.43. The van der Waals surface area contributed by atoms with Gasteiger partial charge in [0.05, 0.1) is 13.2 Å². The predicted molar refractivity (Wildman–Crippen MR) is 81.7 cm³/mol. The predicted octanol–water partition coefficient (Wildman–Crippen LogP) is 1.92. The summed E-state index contributed by atoms with van der Waals surface area (Å²) < 4.78 is 5.16. The van der Waals surface area contributed by atoms with Crippen LogP contribution in [-0.2, 0) is 9.53 Å². The van der Waals surface area contributed by atoms with Crippen LogP contribution in [0, 0.1) is 5.41 Å². The van der Waals surface area contributed by atoms with Crippen LogP contribution in [-0.4, -0.2) is 39.8 Å². The van der Waals surface area contributed by atoms with Crippen LogP contribution in [0.1, 0.15) is 12.5 Å².